The van der Waals surface area contributed by atoms with Gasteiger partial charge in [-0.3, -0.25) is 4.98 Å². The summed E-state index contributed by atoms with van der Waals surface area (Å²) in [5.41, 5.74) is 7.15. The first-order valence-corrected chi connectivity index (χ1v) is 10.2. The van der Waals surface area contributed by atoms with Gasteiger partial charge in [0.1, 0.15) is 5.69 Å². The molecule has 0 bridgehead atoms. The van der Waals surface area contributed by atoms with Crippen LogP contribution in [0.1, 0.15) is 23.7 Å². The number of aryl methyl sites for hydroxylation is 2. The van der Waals surface area contributed by atoms with Gasteiger partial charge in [-0.2, -0.15) is 0 Å². The highest BCUT2D eigenvalue weighted by Gasteiger charge is 2.17. The molecule has 4 aromatic rings. The molecule has 4 rings (SSSR count). The van der Waals surface area contributed by atoms with Crippen molar-refractivity contribution in [1.29, 1.82) is 0 Å². The molecule has 6 nitrogen and oxygen atoms in total. The number of hydrogen-bond donors (Lipinski definition) is 0. The van der Waals surface area contributed by atoms with E-state index in [1.807, 2.05) is 68.4 Å². The average Bonchev–Trinajstić information content (AvgIpc) is 3.29. The second-order valence-electron chi connectivity index (χ2n) is 7.53. The highest BCUT2D eigenvalue weighted by Crippen LogP contribution is 2.29. The van der Waals surface area contributed by atoms with Gasteiger partial charge in [-0.15, -0.1) is 10.2 Å². The molecule has 0 aliphatic carbocycles. The lowest BCUT2D eigenvalue weighted by Crippen LogP contribution is -2.08. The van der Waals surface area contributed by atoms with Gasteiger partial charge in [0.15, 0.2) is 0 Å². The Morgan fingerprint density at radius 1 is 1.00 bits per heavy atom. The van der Waals surface area contributed by atoms with E-state index in [9.17, 15) is 0 Å². The maximum atomic E-state index is 6.01. The Hall–Kier alpha value is -3.80. The van der Waals surface area contributed by atoms with Gasteiger partial charge < -0.3 is 9.32 Å². The van der Waals surface area contributed by atoms with Crippen LogP contribution in [0.2, 0.25) is 0 Å². The molecular formula is C25H25N5O. The van der Waals surface area contributed by atoms with Crippen molar-refractivity contribution < 1.29 is 4.42 Å². The summed E-state index contributed by atoms with van der Waals surface area (Å²) in [6.45, 7) is 8.10. The van der Waals surface area contributed by atoms with Crippen molar-refractivity contribution in [1.82, 2.24) is 25.1 Å². The minimum atomic E-state index is 0.366. The van der Waals surface area contributed by atoms with Crippen LogP contribution in [0.5, 0.6) is 0 Å². The fourth-order valence-corrected chi connectivity index (χ4v) is 3.35. The van der Waals surface area contributed by atoms with Crippen molar-refractivity contribution in [3.63, 3.8) is 0 Å². The van der Waals surface area contributed by atoms with E-state index in [2.05, 4.69) is 34.8 Å². The predicted octanol–water partition coefficient (Wildman–Crippen LogP) is 5.26. The molecule has 0 N–H and O–H groups in total. The molecule has 6 heteroatoms. The monoisotopic (exact) mass is 411 g/mol. The second kappa shape index (κ2) is 8.52. The van der Waals surface area contributed by atoms with Crippen molar-refractivity contribution in [3.05, 3.63) is 78.1 Å². The zero-order valence-electron chi connectivity index (χ0n) is 18.3. The van der Waals surface area contributed by atoms with E-state index in [0.29, 0.717) is 17.5 Å². The van der Waals surface area contributed by atoms with Crippen LogP contribution >= 0.6 is 0 Å². The summed E-state index contributed by atoms with van der Waals surface area (Å²) >= 11 is 0. The van der Waals surface area contributed by atoms with Crippen LogP contribution in [0.25, 0.3) is 40.0 Å². The zero-order chi connectivity index (χ0) is 22.0. The Balaban J connectivity index is 1.68. The quantitative estimate of drug-likeness (QED) is 0.431. The van der Waals surface area contributed by atoms with Crippen LogP contribution < -0.4 is 0 Å². The summed E-state index contributed by atoms with van der Waals surface area (Å²) in [6, 6.07) is 16.1. The molecule has 0 unspecified atom stereocenters. The van der Waals surface area contributed by atoms with Crippen molar-refractivity contribution in [2.45, 2.75) is 20.3 Å². The summed E-state index contributed by atoms with van der Waals surface area (Å²) in [7, 11) is 3.96. The van der Waals surface area contributed by atoms with Gasteiger partial charge in [-0.1, -0.05) is 56.0 Å². The molecule has 0 radical (unpaired) electrons. The van der Waals surface area contributed by atoms with E-state index in [4.69, 9.17) is 9.40 Å². The van der Waals surface area contributed by atoms with Gasteiger partial charge >= 0.3 is 0 Å². The SMILES string of the molecule is C=C(c1ccc(-c2cnc(C)c(-c3nnc(-c4ccccc4CC)o3)n2)cc1)N(C)C. The van der Waals surface area contributed by atoms with E-state index in [-0.39, 0.29) is 0 Å². The molecule has 0 saturated heterocycles. The van der Waals surface area contributed by atoms with Gasteiger partial charge in [-0.05, 0) is 30.5 Å². The summed E-state index contributed by atoms with van der Waals surface area (Å²) in [6.07, 6.45) is 2.65. The van der Waals surface area contributed by atoms with E-state index < -0.39 is 0 Å². The molecule has 0 saturated carbocycles. The Kier molecular flexibility index (Phi) is 5.62. The first kappa shape index (κ1) is 20.5. The molecule has 0 aliphatic rings. The highest BCUT2D eigenvalue weighted by atomic mass is 16.4. The minimum Gasteiger partial charge on any atom is -0.415 e. The molecule has 0 fully saturated rings. The number of rotatable bonds is 6. The van der Waals surface area contributed by atoms with E-state index in [1.165, 1.54) is 0 Å². The van der Waals surface area contributed by atoms with Crippen molar-refractivity contribution in [2.24, 2.45) is 0 Å². The smallest absolute Gasteiger partial charge is 0.268 e. The largest absolute Gasteiger partial charge is 0.415 e. The van der Waals surface area contributed by atoms with Crippen molar-refractivity contribution in [3.8, 4) is 34.3 Å². The number of aromatic nitrogens is 4. The lowest BCUT2D eigenvalue weighted by molar-refractivity contribution is 0.580. The fourth-order valence-electron chi connectivity index (χ4n) is 3.35. The number of hydrogen-bond acceptors (Lipinski definition) is 6. The van der Waals surface area contributed by atoms with Crippen LogP contribution in [0.3, 0.4) is 0 Å². The zero-order valence-corrected chi connectivity index (χ0v) is 18.3. The maximum absolute atomic E-state index is 6.01. The molecule has 2 aromatic carbocycles. The molecule has 0 aliphatic heterocycles. The van der Waals surface area contributed by atoms with Gasteiger partial charge in [-0.25, -0.2) is 4.98 Å². The third-order valence-electron chi connectivity index (χ3n) is 5.27. The van der Waals surface area contributed by atoms with Crippen molar-refractivity contribution >= 4 is 5.70 Å². The van der Waals surface area contributed by atoms with E-state index in [0.717, 1.165) is 45.8 Å². The maximum Gasteiger partial charge on any atom is 0.268 e. The van der Waals surface area contributed by atoms with Crippen LogP contribution in [-0.4, -0.2) is 39.2 Å². The molecule has 2 heterocycles. The Morgan fingerprint density at radius 3 is 2.42 bits per heavy atom. The van der Waals surface area contributed by atoms with Gasteiger partial charge in [0.2, 0.25) is 5.89 Å². The first-order chi connectivity index (χ1) is 15.0. The Labute approximate surface area is 182 Å². The standard InChI is InChI=1S/C25H25N5O/c1-6-18-9-7-8-10-21(18)24-28-29-25(31-24)23-16(2)26-15-22(27-23)20-13-11-19(12-14-20)17(3)30(4)5/h7-15H,3,6H2,1-2,4-5H3. The van der Waals surface area contributed by atoms with Crippen LogP contribution in [0.4, 0.5) is 0 Å². The molecule has 0 spiro atoms. The first-order valence-electron chi connectivity index (χ1n) is 10.2. The van der Waals surface area contributed by atoms with Crippen LogP contribution in [0, 0.1) is 6.92 Å². The Morgan fingerprint density at radius 2 is 1.71 bits per heavy atom. The highest BCUT2D eigenvalue weighted by molar-refractivity contribution is 5.68. The van der Waals surface area contributed by atoms with Gasteiger partial charge in [0.25, 0.3) is 5.89 Å². The summed E-state index contributed by atoms with van der Waals surface area (Å²) in [5, 5.41) is 8.52. The third kappa shape index (κ3) is 4.10. The van der Waals surface area contributed by atoms with E-state index >= 15 is 0 Å². The summed E-state index contributed by atoms with van der Waals surface area (Å²) < 4.78 is 6.01. The van der Waals surface area contributed by atoms with Gasteiger partial charge in [0, 0.05) is 30.9 Å². The molecule has 0 atom stereocenters. The fraction of sp³-hybridized carbons (Fsp3) is 0.200. The van der Waals surface area contributed by atoms with Crippen molar-refractivity contribution in [2.75, 3.05) is 14.1 Å². The normalized spacial score (nSPS) is 10.8. The third-order valence-corrected chi connectivity index (χ3v) is 5.27. The molecule has 2 aromatic heterocycles. The molecule has 0 amide bonds. The topological polar surface area (TPSA) is 67.9 Å². The number of benzene rings is 2. The van der Waals surface area contributed by atoms with Crippen LogP contribution in [-0.2, 0) is 6.42 Å². The predicted molar refractivity (Wildman–Crippen MR) is 123 cm³/mol. The average molecular weight is 412 g/mol. The Bertz CT molecular complexity index is 1220. The summed E-state index contributed by atoms with van der Waals surface area (Å²) in [5.74, 6) is 0.857. The molecule has 156 valence electrons. The minimum absolute atomic E-state index is 0.366. The molecule has 31 heavy (non-hydrogen) atoms. The number of nitrogens with zero attached hydrogens (tertiary/aromatic N) is 5. The lowest BCUT2D eigenvalue weighted by atomic mass is 10.1. The molecular weight excluding hydrogens is 386 g/mol. The van der Waals surface area contributed by atoms with Crippen LogP contribution in [0.15, 0.2) is 65.7 Å². The van der Waals surface area contributed by atoms with Gasteiger partial charge in [0.05, 0.1) is 17.6 Å². The van der Waals surface area contributed by atoms with E-state index in [1.54, 1.807) is 6.20 Å². The second-order valence-corrected chi connectivity index (χ2v) is 7.53. The lowest BCUT2D eigenvalue weighted by Gasteiger charge is -2.16. The summed E-state index contributed by atoms with van der Waals surface area (Å²) in [4.78, 5) is 11.3.